The molecule has 0 unspecified atom stereocenters. The average molecular weight is 511 g/mol. The number of methoxy groups -OCH3 is 2. The molecule has 0 saturated carbocycles. The van der Waals surface area contributed by atoms with Gasteiger partial charge in [-0.2, -0.15) is 0 Å². The summed E-state index contributed by atoms with van der Waals surface area (Å²) >= 11 is 0. The van der Waals surface area contributed by atoms with Gasteiger partial charge in [0.2, 0.25) is 0 Å². The molecule has 0 atom stereocenters. The molecular weight excluding hydrogens is 475 g/mol. The molecule has 2 N–H and O–H groups in total. The molecule has 7 nitrogen and oxygen atoms in total. The zero-order chi connectivity index (χ0) is 25.3. The van der Waals surface area contributed by atoms with E-state index in [9.17, 15) is 0 Å². The molecule has 0 aromatic heterocycles. The molecular formula is C28H35N2O5P. The van der Waals surface area contributed by atoms with E-state index in [2.05, 4.69) is 60.4 Å². The van der Waals surface area contributed by atoms with Crippen LogP contribution in [0.1, 0.15) is 22.3 Å². The molecule has 0 amide bonds. The summed E-state index contributed by atoms with van der Waals surface area (Å²) in [5, 5.41) is 8.62. The molecule has 0 saturated heterocycles. The van der Waals surface area contributed by atoms with E-state index in [1.54, 1.807) is 14.2 Å². The van der Waals surface area contributed by atoms with Gasteiger partial charge in [0, 0.05) is 16.4 Å². The Labute approximate surface area is 214 Å². The monoisotopic (exact) mass is 510 g/mol. The van der Waals surface area contributed by atoms with Crippen molar-refractivity contribution in [3.63, 3.8) is 0 Å². The third-order valence-electron chi connectivity index (χ3n) is 5.77. The zero-order valence-electron chi connectivity index (χ0n) is 21.4. The molecule has 8 heteroatoms. The summed E-state index contributed by atoms with van der Waals surface area (Å²) in [6, 6.07) is 18.8. The van der Waals surface area contributed by atoms with Crippen LogP contribution in [0.2, 0.25) is 0 Å². The fraction of sp³-hybridized carbons (Fsp3) is 0.357. The van der Waals surface area contributed by atoms with Crippen LogP contribution < -0.4 is 25.0 Å². The van der Waals surface area contributed by atoms with Gasteiger partial charge in [-0.25, -0.2) is 0 Å². The molecule has 36 heavy (non-hydrogen) atoms. The highest BCUT2D eigenvalue weighted by atomic mass is 31.1. The fourth-order valence-corrected chi connectivity index (χ4v) is 5.83. The molecule has 3 aromatic carbocycles. The number of hydrogen-bond donors (Lipinski definition) is 2. The number of benzene rings is 3. The van der Waals surface area contributed by atoms with E-state index in [1.165, 1.54) is 0 Å². The first-order chi connectivity index (χ1) is 17.6. The van der Waals surface area contributed by atoms with Gasteiger partial charge >= 0.3 is 0 Å². The van der Waals surface area contributed by atoms with Crippen LogP contribution in [-0.2, 0) is 27.4 Å². The number of aryl methyl sites for hydroxylation is 2. The van der Waals surface area contributed by atoms with Crippen molar-refractivity contribution in [2.45, 2.75) is 27.1 Å². The maximum absolute atomic E-state index is 5.90. The van der Waals surface area contributed by atoms with Crippen LogP contribution in [-0.4, -0.2) is 40.6 Å². The van der Waals surface area contributed by atoms with E-state index in [0.717, 1.165) is 50.4 Å². The summed E-state index contributed by atoms with van der Waals surface area (Å²) in [7, 11) is 2.31. The van der Waals surface area contributed by atoms with Crippen LogP contribution >= 0.6 is 8.22 Å². The number of rotatable bonds is 3. The summed E-state index contributed by atoms with van der Waals surface area (Å²) in [6.45, 7) is 7.03. The Balaban J connectivity index is 1.78. The van der Waals surface area contributed by atoms with Gasteiger partial charge < -0.3 is 33.9 Å². The summed E-state index contributed by atoms with van der Waals surface area (Å²) in [4.78, 5) is 0. The Morgan fingerprint density at radius 2 is 1.14 bits per heavy atom. The standard InChI is InChI=1S/C28H35N2O5P/c1-20-14-22-18-34-12-10-33-11-13-35-19-23-15-21(2)17-26(28(23)32-4)30-36(24-8-6-5-7-9-24)29-25(16-20)27(22)31-3/h5-9,14-17,29-30H,10-13,18-19H2,1-4H3. The van der Waals surface area contributed by atoms with Gasteiger partial charge in [0.25, 0.3) is 0 Å². The van der Waals surface area contributed by atoms with E-state index in [-0.39, 0.29) is 0 Å². The predicted octanol–water partition coefficient (Wildman–Crippen LogP) is 5.55. The second-order valence-electron chi connectivity index (χ2n) is 8.62. The van der Waals surface area contributed by atoms with Crippen LogP contribution in [0.15, 0.2) is 54.6 Å². The molecule has 0 aliphatic carbocycles. The van der Waals surface area contributed by atoms with Crippen molar-refractivity contribution in [3.8, 4) is 11.5 Å². The molecule has 1 heterocycles. The molecule has 1 aliphatic heterocycles. The number of nitrogens with one attached hydrogen (secondary N) is 2. The molecule has 4 bridgehead atoms. The maximum atomic E-state index is 5.90. The largest absolute Gasteiger partial charge is 0.494 e. The highest BCUT2D eigenvalue weighted by molar-refractivity contribution is 7.68. The van der Waals surface area contributed by atoms with Gasteiger partial charge in [0.05, 0.1) is 65.2 Å². The second-order valence-corrected chi connectivity index (χ2v) is 10.3. The van der Waals surface area contributed by atoms with Crippen LogP contribution in [0.25, 0.3) is 0 Å². The molecule has 0 radical (unpaired) electrons. The van der Waals surface area contributed by atoms with Crippen molar-refractivity contribution >= 4 is 24.9 Å². The third-order valence-corrected chi connectivity index (χ3v) is 7.51. The Bertz CT molecular complexity index is 1070. The normalized spacial score (nSPS) is 15.7. The Kier molecular flexibility index (Phi) is 9.42. The van der Waals surface area contributed by atoms with E-state index < -0.39 is 8.22 Å². The van der Waals surface area contributed by atoms with Crippen LogP contribution in [0.5, 0.6) is 11.5 Å². The lowest BCUT2D eigenvalue weighted by molar-refractivity contribution is 0.00653. The first-order valence-electron chi connectivity index (χ1n) is 12.1. The van der Waals surface area contributed by atoms with Crippen molar-refractivity contribution in [2.24, 2.45) is 0 Å². The fourth-order valence-electron chi connectivity index (χ4n) is 4.24. The molecule has 0 spiro atoms. The van der Waals surface area contributed by atoms with Crippen molar-refractivity contribution in [1.82, 2.24) is 0 Å². The topological polar surface area (TPSA) is 70.2 Å². The van der Waals surface area contributed by atoms with Crippen LogP contribution in [0.4, 0.5) is 11.4 Å². The minimum atomic E-state index is -1.08. The van der Waals surface area contributed by atoms with Gasteiger partial charge in [0.1, 0.15) is 19.7 Å². The van der Waals surface area contributed by atoms with Gasteiger partial charge in [0.15, 0.2) is 0 Å². The molecule has 4 rings (SSSR count). The van der Waals surface area contributed by atoms with E-state index in [1.807, 2.05) is 18.2 Å². The second kappa shape index (κ2) is 12.9. The summed E-state index contributed by atoms with van der Waals surface area (Å²) < 4.78 is 29.2. The lowest BCUT2D eigenvalue weighted by Crippen LogP contribution is -2.15. The number of fused-ring (bicyclic) bond motifs is 4. The van der Waals surface area contributed by atoms with E-state index in [4.69, 9.17) is 23.7 Å². The van der Waals surface area contributed by atoms with Crippen molar-refractivity contribution in [3.05, 3.63) is 76.9 Å². The maximum Gasteiger partial charge on any atom is 0.147 e. The zero-order valence-corrected chi connectivity index (χ0v) is 22.3. The average Bonchev–Trinajstić information content (AvgIpc) is 2.87. The van der Waals surface area contributed by atoms with Crippen LogP contribution in [0, 0.1) is 13.8 Å². The number of anilines is 2. The van der Waals surface area contributed by atoms with Crippen LogP contribution in [0.3, 0.4) is 0 Å². The van der Waals surface area contributed by atoms with Gasteiger partial charge in [-0.15, -0.1) is 0 Å². The van der Waals surface area contributed by atoms with Gasteiger partial charge in [-0.1, -0.05) is 30.3 Å². The molecule has 3 aromatic rings. The number of hydrogen-bond acceptors (Lipinski definition) is 7. The smallest absolute Gasteiger partial charge is 0.147 e. The first kappa shape index (κ1) is 26.2. The number of ether oxygens (including phenoxy) is 5. The van der Waals surface area contributed by atoms with Crippen molar-refractivity contribution in [2.75, 3.05) is 50.8 Å². The Morgan fingerprint density at radius 3 is 1.61 bits per heavy atom. The van der Waals surface area contributed by atoms with E-state index >= 15 is 0 Å². The minimum absolute atomic E-state index is 0.436. The van der Waals surface area contributed by atoms with Crippen molar-refractivity contribution < 1.29 is 23.7 Å². The van der Waals surface area contributed by atoms with Crippen molar-refractivity contribution in [1.29, 1.82) is 0 Å². The van der Waals surface area contributed by atoms with E-state index in [0.29, 0.717) is 39.6 Å². The Morgan fingerprint density at radius 1 is 0.667 bits per heavy atom. The highest BCUT2D eigenvalue weighted by Crippen LogP contribution is 2.44. The third kappa shape index (κ3) is 6.68. The molecule has 0 fully saturated rings. The summed E-state index contributed by atoms with van der Waals surface area (Å²) in [5.74, 6) is 1.55. The first-order valence-corrected chi connectivity index (χ1v) is 13.4. The minimum Gasteiger partial charge on any atom is -0.494 e. The highest BCUT2D eigenvalue weighted by Gasteiger charge is 2.20. The molecule has 192 valence electrons. The SMILES string of the molecule is COc1c2cc(C)cc1NP(c1ccccc1)Nc1cc(C)cc(c1OC)COCCOCCOC2. The predicted molar refractivity (Wildman–Crippen MR) is 146 cm³/mol. The van der Waals surface area contributed by atoms with Gasteiger partial charge in [-0.3, -0.25) is 0 Å². The Hall–Kier alpha value is -2.83. The lowest BCUT2D eigenvalue weighted by Gasteiger charge is -2.26. The van der Waals surface area contributed by atoms with Gasteiger partial charge in [-0.05, 0) is 49.2 Å². The summed E-state index contributed by atoms with van der Waals surface area (Å²) in [6.07, 6.45) is 0. The quantitative estimate of drug-likeness (QED) is 0.448. The molecule has 1 aliphatic rings. The lowest BCUT2D eigenvalue weighted by atomic mass is 10.1. The summed E-state index contributed by atoms with van der Waals surface area (Å²) in [5.41, 5.74) is 6.04.